The summed E-state index contributed by atoms with van der Waals surface area (Å²) in [5, 5.41) is 3.25. The molecule has 18 heavy (non-hydrogen) atoms. The molecule has 1 N–H and O–H groups in total. The quantitative estimate of drug-likeness (QED) is 0.863. The molecule has 1 saturated heterocycles. The van der Waals surface area contributed by atoms with E-state index in [0.29, 0.717) is 12.1 Å². The summed E-state index contributed by atoms with van der Waals surface area (Å²) >= 11 is 0. The fraction of sp³-hybridized carbons (Fsp3) is 0.600. The number of hydrogen-bond donors (Lipinski definition) is 1. The van der Waals surface area contributed by atoms with Gasteiger partial charge in [0, 0.05) is 18.6 Å². The van der Waals surface area contributed by atoms with E-state index in [1.165, 1.54) is 12.8 Å². The molecule has 2 unspecified atom stereocenters. The molecule has 0 spiro atoms. The highest BCUT2D eigenvalue weighted by Crippen LogP contribution is 2.22. The summed E-state index contributed by atoms with van der Waals surface area (Å²) in [4.78, 5) is 2.52. The zero-order chi connectivity index (χ0) is 13.0. The minimum atomic E-state index is -0.0753. The molecule has 0 aromatic heterocycles. The van der Waals surface area contributed by atoms with Crippen molar-refractivity contribution in [1.82, 2.24) is 10.2 Å². The van der Waals surface area contributed by atoms with Gasteiger partial charge in [0.15, 0.2) is 0 Å². The molecule has 100 valence electrons. The first-order valence-corrected chi connectivity index (χ1v) is 6.86. The summed E-state index contributed by atoms with van der Waals surface area (Å²) < 4.78 is 13.7. The largest absolute Gasteiger partial charge is 0.318 e. The molecule has 0 amide bonds. The highest BCUT2D eigenvalue weighted by Gasteiger charge is 2.28. The zero-order valence-electron chi connectivity index (χ0n) is 11.3. The van der Waals surface area contributed by atoms with Crippen LogP contribution in [0.1, 0.15) is 25.3 Å². The summed E-state index contributed by atoms with van der Waals surface area (Å²) in [6, 6.07) is 8.13. The molecule has 3 heteroatoms. The first-order chi connectivity index (χ1) is 8.72. The highest BCUT2D eigenvalue weighted by molar-refractivity contribution is 5.18. The van der Waals surface area contributed by atoms with Crippen LogP contribution in [0, 0.1) is 5.82 Å². The van der Waals surface area contributed by atoms with E-state index < -0.39 is 0 Å². The van der Waals surface area contributed by atoms with Crippen LogP contribution in [0.4, 0.5) is 4.39 Å². The lowest BCUT2D eigenvalue weighted by Gasteiger charge is -2.30. The van der Waals surface area contributed by atoms with Gasteiger partial charge in [0.2, 0.25) is 0 Å². The first-order valence-electron chi connectivity index (χ1n) is 6.86. The topological polar surface area (TPSA) is 15.3 Å². The van der Waals surface area contributed by atoms with Gasteiger partial charge < -0.3 is 5.32 Å². The van der Waals surface area contributed by atoms with Crippen LogP contribution in [0.15, 0.2) is 24.3 Å². The second kappa shape index (κ2) is 6.30. The number of hydrogen-bond acceptors (Lipinski definition) is 2. The molecular weight excluding hydrogens is 227 g/mol. The Balaban J connectivity index is 1.99. The van der Waals surface area contributed by atoms with Crippen molar-refractivity contribution in [1.29, 1.82) is 0 Å². The van der Waals surface area contributed by atoms with Gasteiger partial charge in [-0.1, -0.05) is 18.2 Å². The van der Waals surface area contributed by atoms with Gasteiger partial charge >= 0.3 is 0 Å². The third-order valence-corrected chi connectivity index (χ3v) is 3.90. The molecule has 1 fully saturated rings. The predicted octanol–water partition coefficient (Wildman–Crippen LogP) is 2.44. The van der Waals surface area contributed by atoms with Crippen molar-refractivity contribution in [2.45, 2.75) is 38.3 Å². The second-order valence-electron chi connectivity index (χ2n) is 5.24. The fourth-order valence-electron chi connectivity index (χ4n) is 2.99. The number of nitrogens with zero attached hydrogens (tertiary/aromatic N) is 1. The molecule has 2 nitrogen and oxygen atoms in total. The molecule has 2 atom stereocenters. The van der Waals surface area contributed by atoms with Crippen LogP contribution in [0.2, 0.25) is 0 Å². The van der Waals surface area contributed by atoms with Crippen molar-refractivity contribution < 1.29 is 4.39 Å². The Hall–Kier alpha value is -0.930. The Morgan fingerprint density at radius 1 is 1.44 bits per heavy atom. The zero-order valence-corrected chi connectivity index (χ0v) is 11.3. The van der Waals surface area contributed by atoms with Gasteiger partial charge in [-0.15, -0.1) is 0 Å². The van der Waals surface area contributed by atoms with Gasteiger partial charge in [-0.05, 0) is 51.4 Å². The number of benzene rings is 1. The van der Waals surface area contributed by atoms with E-state index in [9.17, 15) is 4.39 Å². The third kappa shape index (κ3) is 3.09. The normalized spacial score (nSPS) is 22.3. The lowest BCUT2D eigenvalue weighted by Crippen LogP contribution is -2.43. The molecule has 0 aliphatic carbocycles. The number of rotatable bonds is 5. The standard InChI is InChI=1S/C15H23FN2/c1-12(10-13-6-3-4-8-15(13)16)18-9-5-7-14(18)11-17-2/h3-4,6,8,12,14,17H,5,7,9-11H2,1-2H3. The van der Waals surface area contributed by atoms with Crippen molar-refractivity contribution in [3.8, 4) is 0 Å². The van der Waals surface area contributed by atoms with Crippen LogP contribution in [0.5, 0.6) is 0 Å². The van der Waals surface area contributed by atoms with Crippen LogP contribution in [0.3, 0.4) is 0 Å². The molecule has 1 aromatic rings. The molecule has 1 aliphatic heterocycles. The minimum Gasteiger partial charge on any atom is -0.318 e. The van der Waals surface area contributed by atoms with Gasteiger partial charge in [0.1, 0.15) is 5.82 Å². The summed E-state index contributed by atoms with van der Waals surface area (Å²) in [7, 11) is 2.00. The summed E-state index contributed by atoms with van der Waals surface area (Å²) in [5.74, 6) is -0.0753. The van der Waals surface area contributed by atoms with Crippen LogP contribution in [-0.2, 0) is 6.42 Å². The van der Waals surface area contributed by atoms with Gasteiger partial charge in [-0.2, -0.15) is 0 Å². The number of likely N-dealkylation sites (N-methyl/N-ethyl adjacent to an activating group) is 1. The maximum atomic E-state index is 13.7. The van der Waals surface area contributed by atoms with Gasteiger partial charge in [-0.25, -0.2) is 4.39 Å². The maximum absolute atomic E-state index is 13.7. The van der Waals surface area contributed by atoms with E-state index in [-0.39, 0.29) is 5.82 Å². The summed E-state index contributed by atoms with van der Waals surface area (Å²) in [6.45, 7) is 4.38. The Labute approximate surface area is 109 Å². The average Bonchev–Trinajstić information content (AvgIpc) is 2.81. The van der Waals surface area contributed by atoms with Crippen molar-refractivity contribution in [3.63, 3.8) is 0 Å². The van der Waals surface area contributed by atoms with Crippen LogP contribution in [0.25, 0.3) is 0 Å². The van der Waals surface area contributed by atoms with Gasteiger partial charge in [0.05, 0.1) is 0 Å². The second-order valence-corrected chi connectivity index (χ2v) is 5.24. The number of likely N-dealkylation sites (tertiary alicyclic amines) is 1. The third-order valence-electron chi connectivity index (χ3n) is 3.90. The molecule has 2 rings (SSSR count). The smallest absolute Gasteiger partial charge is 0.126 e. The van der Waals surface area contributed by atoms with E-state index in [1.54, 1.807) is 12.1 Å². The average molecular weight is 250 g/mol. The molecule has 0 saturated carbocycles. The van der Waals surface area contributed by atoms with E-state index in [2.05, 4.69) is 17.1 Å². The summed E-state index contributed by atoms with van der Waals surface area (Å²) in [5.41, 5.74) is 0.833. The first kappa shape index (κ1) is 13.5. The Morgan fingerprint density at radius 2 is 2.22 bits per heavy atom. The van der Waals surface area contributed by atoms with E-state index in [0.717, 1.165) is 25.1 Å². The molecule has 1 aromatic carbocycles. The van der Waals surface area contributed by atoms with Crippen molar-refractivity contribution in [2.24, 2.45) is 0 Å². The Kier molecular flexibility index (Phi) is 4.72. The maximum Gasteiger partial charge on any atom is 0.126 e. The fourth-order valence-corrected chi connectivity index (χ4v) is 2.99. The molecule has 0 bridgehead atoms. The van der Waals surface area contributed by atoms with Crippen LogP contribution in [-0.4, -0.2) is 37.1 Å². The van der Waals surface area contributed by atoms with Gasteiger partial charge in [-0.3, -0.25) is 4.90 Å². The molecular formula is C15H23FN2. The number of halogens is 1. The van der Waals surface area contributed by atoms with E-state index in [1.807, 2.05) is 19.2 Å². The van der Waals surface area contributed by atoms with E-state index >= 15 is 0 Å². The molecule has 1 heterocycles. The lowest BCUT2D eigenvalue weighted by molar-refractivity contribution is 0.188. The van der Waals surface area contributed by atoms with Gasteiger partial charge in [0.25, 0.3) is 0 Å². The number of nitrogens with one attached hydrogen (secondary N) is 1. The monoisotopic (exact) mass is 250 g/mol. The van der Waals surface area contributed by atoms with Crippen LogP contribution < -0.4 is 5.32 Å². The lowest BCUT2D eigenvalue weighted by atomic mass is 10.0. The van der Waals surface area contributed by atoms with Crippen molar-refractivity contribution >= 4 is 0 Å². The van der Waals surface area contributed by atoms with Crippen LogP contribution >= 0.6 is 0 Å². The Morgan fingerprint density at radius 3 is 2.94 bits per heavy atom. The van der Waals surface area contributed by atoms with E-state index in [4.69, 9.17) is 0 Å². The molecule has 0 radical (unpaired) electrons. The Bertz CT molecular complexity index is 381. The highest BCUT2D eigenvalue weighted by atomic mass is 19.1. The van der Waals surface area contributed by atoms with Crippen molar-refractivity contribution in [3.05, 3.63) is 35.6 Å². The van der Waals surface area contributed by atoms with Crippen molar-refractivity contribution in [2.75, 3.05) is 20.1 Å². The minimum absolute atomic E-state index is 0.0753. The SMILES string of the molecule is CNCC1CCCN1C(C)Cc1ccccc1F. The predicted molar refractivity (Wildman–Crippen MR) is 73.2 cm³/mol. The molecule has 1 aliphatic rings. The summed E-state index contributed by atoms with van der Waals surface area (Å²) in [6.07, 6.45) is 3.31.